The zero-order valence-electron chi connectivity index (χ0n) is 14.6. The van der Waals surface area contributed by atoms with E-state index in [-0.39, 0.29) is 38.5 Å². The fourth-order valence-corrected chi connectivity index (χ4v) is 2.58. The summed E-state index contributed by atoms with van der Waals surface area (Å²) >= 11 is 7.25. The molecule has 3 aromatic rings. The molecule has 0 unspecified atom stereocenters. The summed E-state index contributed by atoms with van der Waals surface area (Å²) in [6.45, 7) is 0. The van der Waals surface area contributed by atoms with Crippen LogP contribution in [0.15, 0.2) is 91.0 Å². The summed E-state index contributed by atoms with van der Waals surface area (Å²) < 4.78 is -0.0122. The predicted octanol–water partition coefficient (Wildman–Crippen LogP) is 2.61. The minimum absolute atomic E-state index is 0. The number of carbonyl (C=O) groups excluding carboxylic acids is 3. The van der Waals surface area contributed by atoms with Crippen LogP contribution in [0.5, 0.6) is 0 Å². The van der Waals surface area contributed by atoms with Crippen LogP contribution in [0.1, 0.15) is 31.1 Å². The first kappa shape index (κ1) is 27.0. The largest absolute Gasteiger partial charge is 3.00 e. The Bertz CT molecular complexity index is 740. The van der Waals surface area contributed by atoms with Gasteiger partial charge in [0.2, 0.25) is 0 Å². The first-order valence-corrected chi connectivity index (χ1v) is 10.3. The molecule has 0 fully saturated rings. The average molecular weight is 674 g/mol. The van der Waals surface area contributed by atoms with Crippen molar-refractivity contribution in [2.24, 2.45) is 0 Å². The molecule has 0 atom stereocenters. The van der Waals surface area contributed by atoms with Gasteiger partial charge in [-0.25, -0.2) is 0 Å². The smallest absolute Gasteiger partial charge is 3.00 e. The summed E-state index contributed by atoms with van der Waals surface area (Å²) in [6.07, 6.45) is 0. The second kappa shape index (κ2) is 15.9. The van der Waals surface area contributed by atoms with Crippen LogP contribution in [-0.4, -0.2) is 86.5 Å². The first-order valence-electron chi connectivity index (χ1n) is 7.71. The molecule has 0 bridgehead atoms. The number of hydrogen-bond acceptors (Lipinski definition) is 3. The molecule has 140 valence electrons. The molecule has 0 aliphatic carbocycles. The van der Waals surface area contributed by atoms with Gasteiger partial charge in [0.15, 0.2) is 0 Å². The Balaban J connectivity index is 0.000000384. The zero-order chi connectivity index (χ0) is 20.1. The molecule has 28 heavy (non-hydrogen) atoms. The topological polar surface area (TPSA) is 51.2 Å². The number of benzene rings is 3. The molecule has 2 radical (unpaired) electrons. The van der Waals surface area contributed by atoms with E-state index in [1.165, 1.54) is 0 Å². The Morgan fingerprint density at radius 2 is 0.607 bits per heavy atom. The minimum Gasteiger partial charge on any atom is 3.00 e. The Hall–Kier alpha value is -0.953. The fraction of sp³-hybridized carbons (Fsp3) is 0. The van der Waals surface area contributed by atoms with E-state index in [2.05, 4.69) is 48.0 Å². The van der Waals surface area contributed by atoms with Gasteiger partial charge in [0.25, 0.3) is 0 Å². The van der Waals surface area contributed by atoms with Crippen molar-refractivity contribution >= 4 is 86.5 Å². The molecule has 0 saturated carbocycles. The van der Waals surface area contributed by atoms with E-state index in [4.69, 9.17) is 0 Å². The zero-order valence-corrected chi connectivity index (χ0v) is 22.2. The average Bonchev–Trinajstić information content (AvgIpc) is 2.71. The Morgan fingerprint density at radius 3 is 0.714 bits per heavy atom. The molecule has 0 aliphatic heterocycles. The van der Waals surface area contributed by atoms with Crippen LogP contribution < -0.4 is 0 Å². The number of rotatable bonds is 3. The second-order valence-corrected chi connectivity index (χ2v) is 7.29. The van der Waals surface area contributed by atoms with Gasteiger partial charge in [0, 0.05) is 0 Å². The van der Waals surface area contributed by atoms with E-state index in [1.54, 1.807) is 36.4 Å². The summed E-state index contributed by atoms with van der Waals surface area (Å²) in [4.78, 5) is 31.8. The van der Waals surface area contributed by atoms with Crippen LogP contribution in [0.25, 0.3) is 0 Å². The van der Waals surface area contributed by atoms with Crippen molar-refractivity contribution in [2.45, 2.75) is 0 Å². The summed E-state index contributed by atoms with van der Waals surface area (Å²) in [6, 6.07) is 27.3. The summed E-state index contributed by atoms with van der Waals surface area (Å²) in [5.41, 5.74) is 2.16. The Kier molecular flexibility index (Phi) is 15.4. The second-order valence-electron chi connectivity index (χ2n) is 4.96. The van der Waals surface area contributed by atoms with Gasteiger partial charge in [-0.3, -0.25) is 0 Å². The molecule has 7 heteroatoms. The van der Waals surface area contributed by atoms with Crippen LogP contribution in [0.2, 0.25) is 0 Å². The number of carbonyl (C=O) groups is 3. The third-order valence-electron chi connectivity index (χ3n) is 3.03. The van der Waals surface area contributed by atoms with Crippen LogP contribution in [0, 0.1) is 0 Å². The fourth-order valence-electron chi connectivity index (χ4n) is 1.72. The van der Waals surface area contributed by atoms with Crippen LogP contribution in [0.4, 0.5) is 0 Å². The van der Waals surface area contributed by atoms with E-state index in [0.717, 1.165) is 16.7 Å². The molecule has 0 amide bonds. The van der Waals surface area contributed by atoms with Crippen molar-refractivity contribution in [1.82, 2.24) is 0 Å². The molecule has 0 heterocycles. The molecule has 0 aromatic heterocycles. The van der Waals surface area contributed by atoms with Crippen LogP contribution in [0.3, 0.4) is 0 Å². The molecule has 0 N–H and O–H groups in total. The maximum absolute atomic E-state index is 10.6. The van der Waals surface area contributed by atoms with Gasteiger partial charge in [0.05, 0.1) is 0 Å². The third kappa shape index (κ3) is 11.8. The number of hydrogen-bond donors (Lipinski definition) is 0. The molecule has 0 saturated heterocycles. The molecule has 3 rings (SSSR count). The SMILES string of the molecule is O=C([Se-])c1ccccc1.O=C([Se-])c1ccccc1.O=C([Se-])c1ccccc1.[Sb+3]. The Morgan fingerprint density at radius 1 is 0.429 bits per heavy atom. The molecule has 3 nitrogen and oxygen atoms in total. The maximum atomic E-state index is 10.6. The molecular weight excluding hydrogens is 659 g/mol. The Labute approximate surface area is 207 Å². The maximum Gasteiger partial charge on any atom is 3.00 e. The monoisotopic (exact) mass is 676 g/mol. The summed E-state index contributed by atoms with van der Waals surface area (Å²) in [5.74, 6) is 0. The van der Waals surface area contributed by atoms with Crippen molar-refractivity contribution < 1.29 is 14.4 Å². The molecule has 3 aromatic carbocycles. The first-order chi connectivity index (χ1) is 12.9. The van der Waals surface area contributed by atoms with Gasteiger partial charge in [-0.15, -0.1) is 0 Å². The summed E-state index contributed by atoms with van der Waals surface area (Å²) in [7, 11) is 0. The predicted molar refractivity (Wildman–Crippen MR) is 115 cm³/mol. The van der Waals surface area contributed by atoms with Crippen molar-refractivity contribution in [3.63, 3.8) is 0 Å². The van der Waals surface area contributed by atoms with E-state index < -0.39 is 0 Å². The quantitative estimate of drug-likeness (QED) is 0.402. The van der Waals surface area contributed by atoms with Gasteiger partial charge in [-0.05, 0) is 0 Å². The normalized spacial score (nSPS) is 8.57. The van der Waals surface area contributed by atoms with E-state index in [9.17, 15) is 14.4 Å². The molecular formula is C21H15O3SbSe3. The molecule has 0 spiro atoms. The van der Waals surface area contributed by atoms with Gasteiger partial charge in [0.1, 0.15) is 0 Å². The van der Waals surface area contributed by atoms with Crippen molar-refractivity contribution in [3.05, 3.63) is 108 Å². The van der Waals surface area contributed by atoms with Crippen molar-refractivity contribution in [3.8, 4) is 0 Å². The van der Waals surface area contributed by atoms with Crippen molar-refractivity contribution in [2.75, 3.05) is 0 Å². The molecule has 0 aliphatic rings. The van der Waals surface area contributed by atoms with E-state index in [0.29, 0.717) is 0 Å². The van der Waals surface area contributed by atoms with Crippen LogP contribution in [-0.2, 0) is 0 Å². The van der Waals surface area contributed by atoms with Crippen LogP contribution >= 0.6 is 0 Å². The summed E-state index contributed by atoms with van der Waals surface area (Å²) in [5, 5.41) is 0. The van der Waals surface area contributed by atoms with Crippen molar-refractivity contribution in [1.29, 1.82) is 0 Å². The van der Waals surface area contributed by atoms with Gasteiger partial charge in [-0.1, -0.05) is 0 Å². The van der Waals surface area contributed by atoms with E-state index >= 15 is 0 Å². The van der Waals surface area contributed by atoms with E-state index in [1.807, 2.05) is 54.6 Å². The van der Waals surface area contributed by atoms with Gasteiger partial charge < -0.3 is 0 Å². The van der Waals surface area contributed by atoms with Gasteiger partial charge in [-0.2, -0.15) is 0 Å². The standard InChI is InChI=1S/3C7H6OSe.Sb/c3*8-7(9)6-4-2-1-3-5-6;/h3*1-5H,(H,8,9);/q;;;+3/p-3. The third-order valence-corrected chi connectivity index (χ3v) is 4.51. The minimum atomic E-state index is -0.00407. The van der Waals surface area contributed by atoms with Gasteiger partial charge >= 0.3 is 209 Å².